The molecule has 2 saturated heterocycles. The van der Waals surface area contributed by atoms with Gasteiger partial charge in [0.2, 0.25) is 0 Å². The van der Waals surface area contributed by atoms with E-state index >= 15 is 0 Å². The van der Waals surface area contributed by atoms with Crippen LogP contribution in [0.4, 0.5) is 5.69 Å². The van der Waals surface area contributed by atoms with E-state index in [9.17, 15) is 4.79 Å². The Morgan fingerprint density at radius 2 is 1.93 bits per heavy atom. The number of rotatable bonds is 4. The summed E-state index contributed by atoms with van der Waals surface area (Å²) in [7, 11) is 2.18. The van der Waals surface area contributed by atoms with Crippen molar-refractivity contribution in [3.8, 4) is 0 Å². The van der Waals surface area contributed by atoms with Crippen LogP contribution < -0.4 is 4.90 Å². The van der Waals surface area contributed by atoms with Crippen molar-refractivity contribution in [3.05, 3.63) is 68.5 Å². The molecule has 0 saturated carbocycles. The van der Waals surface area contributed by atoms with E-state index in [1.54, 1.807) is 17.8 Å². The van der Waals surface area contributed by atoms with Gasteiger partial charge in [0, 0.05) is 29.4 Å². The van der Waals surface area contributed by atoms with Crippen LogP contribution in [0.3, 0.4) is 0 Å². The molecule has 2 atom stereocenters. The molecule has 0 aliphatic carbocycles. The molecular formula is C23H24Cl2N2OS. The normalized spacial score (nSPS) is 24.2. The topological polar surface area (TPSA) is 23.6 Å². The Kier molecular flexibility index (Phi) is 6.55. The summed E-state index contributed by atoms with van der Waals surface area (Å²) >= 11 is 14.1. The molecule has 2 aliphatic rings. The molecule has 2 aliphatic heterocycles. The predicted octanol–water partition coefficient (Wildman–Crippen LogP) is 5.57. The number of hydrogen-bond acceptors (Lipinski definition) is 4. The second kappa shape index (κ2) is 9.13. The highest BCUT2D eigenvalue weighted by Gasteiger charge is 2.28. The van der Waals surface area contributed by atoms with Gasteiger partial charge in [0.05, 0.1) is 10.0 Å². The summed E-state index contributed by atoms with van der Waals surface area (Å²) in [6.45, 7) is 3.00. The predicted molar refractivity (Wildman–Crippen MR) is 125 cm³/mol. The number of likely N-dealkylation sites (tertiary alicyclic amines) is 1. The van der Waals surface area contributed by atoms with Crippen LogP contribution >= 0.6 is 35.0 Å². The molecule has 2 aromatic carbocycles. The number of thioether (sulfide) groups is 1. The number of benzene rings is 2. The number of hydrogen-bond donors (Lipinski definition) is 0. The van der Waals surface area contributed by atoms with Crippen LogP contribution in [0.25, 0.3) is 6.08 Å². The van der Waals surface area contributed by atoms with Gasteiger partial charge in [-0.1, -0.05) is 47.5 Å². The standard InChI is InChI=1S/C23H24Cl2N2OS/c1-26-9-8-17(14-26)19-5-3-2-4-16(19)12-23-22(15-28)27(10-11-29-23)18-6-7-20(24)21(25)13-18/h2-7,12-13,15,17,22H,8-11,14H2,1H3. The summed E-state index contributed by atoms with van der Waals surface area (Å²) in [5.41, 5.74) is 3.52. The van der Waals surface area contributed by atoms with Gasteiger partial charge in [-0.2, -0.15) is 0 Å². The van der Waals surface area contributed by atoms with Gasteiger partial charge >= 0.3 is 0 Å². The van der Waals surface area contributed by atoms with Crippen molar-refractivity contribution in [2.75, 3.05) is 37.3 Å². The Morgan fingerprint density at radius 1 is 1.10 bits per heavy atom. The minimum atomic E-state index is -0.315. The van der Waals surface area contributed by atoms with Gasteiger partial charge in [-0.15, -0.1) is 11.8 Å². The van der Waals surface area contributed by atoms with E-state index in [1.165, 1.54) is 17.5 Å². The average Bonchev–Trinajstić information content (AvgIpc) is 3.16. The molecule has 0 amide bonds. The molecule has 0 radical (unpaired) electrons. The van der Waals surface area contributed by atoms with Crippen molar-refractivity contribution < 1.29 is 4.79 Å². The lowest BCUT2D eigenvalue weighted by molar-refractivity contribution is -0.108. The summed E-state index contributed by atoms with van der Waals surface area (Å²) < 4.78 is 0. The second-order valence-corrected chi connectivity index (χ2v) is 9.63. The molecule has 2 unspecified atom stereocenters. The first kappa shape index (κ1) is 20.8. The first-order valence-electron chi connectivity index (χ1n) is 9.85. The number of nitrogens with zero attached hydrogens (tertiary/aromatic N) is 2. The van der Waals surface area contributed by atoms with Crippen molar-refractivity contribution in [2.24, 2.45) is 0 Å². The quantitative estimate of drug-likeness (QED) is 0.572. The Bertz CT molecular complexity index is 933. The second-order valence-electron chi connectivity index (χ2n) is 7.64. The van der Waals surface area contributed by atoms with Crippen molar-refractivity contribution in [1.82, 2.24) is 4.90 Å². The average molecular weight is 447 g/mol. The molecular weight excluding hydrogens is 423 g/mol. The maximum absolute atomic E-state index is 12.1. The molecule has 3 nitrogen and oxygen atoms in total. The number of carbonyl (C=O) groups excluding carboxylic acids is 1. The van der Waals surface area contributed by atoms with E-state index in [-0.39, 0.29) is 6.04 Å². The molecule has 0 bridgehead atoms. The molecule has 6 heteroatoms. The first-order valence-corrected chi connectivity index (χ1v) is 11.6. The number of aldehydes is 1. The lowest BCUT2D eigenvalue weighted by Crippen LogP contribution is -2.42. The minimum Gasteiger partial charge on any atom is -0.356 e. The molecule has 2 aromatic rings. The molecule has 2 heterocycles. The van der Waals surface area contributed by atoms with E-state index in [2.05, 4.69) is 47.2 Å². The third-order valence-corrected chi connectivity index (χ3v) is 7.54. The van der Waals surface area contributed by atoms with Gasteiger partial charge < -0.3 is 14.6 Å². The van der Waals surface area contributed by atoms with Gasteiger partial charge in [-0.05, 0) is 61.3 Å². The number of halogens is 2. The number of anilines is 1. The monoisotopic (exact) mass is 446 g/mol. The lowest BCUT2D eigenvalue weighted by atomic mass is 9.93. The molecule has 4 rings (SSSR count). The fraction of sp³-hybridized carbons (Fsp3) is 0.348. The zero-order chi connectivity index (χ0) is 20.4. The van der Waals surface area contributed by atoms with E-state index in [0.717, 1.165) is 42.3 Å². The van der Waals surface area contributed by atoms with Crippen LogP contribution in [0.5, 0.6) is 0 Å². The smallest absolute Gasteiger partial charge is 0.147 e. The Labute approximate surface area is 186 Å². The van der Waals surface area contributed by atoms with Gasteiger partial charge in [-0.3, -0.25) is 0 Å². The van der Waals surface area contributed by atoms with Crippen molar-refractivity contribution >= 4 is 53.0 Å². The maximum atomic E-state index is 12.1. The summed E-state index contributed by atoms with van der Waals surface area (Å²) in [4.78, 5) is 17.7. The van der Waals surface area contributed by atoms with Crippen LogP contribution in [-0.2, 0) is 4.79 Å². The lowest BCUT2D eigenvalue weighted by Gasteiger charge is -2.36. The largest absolute Gasteiger partial charge is 0.356 e. The summed E-state index contributed by atoms with van der Waals surface area (Å²) in [6, 6.07) is 13.8. The molecule has 152 valence electrons. The Balaban J connectivity index is 1.66. The van der Waals surface area contributed by atoms with Gasteiger partial charge in [0.25, 0.3) is 0 Å². The van der Waals surface area contributed by atoms with Crippen molar-refractivity contribution in [3.63, 3.8) is 0 Å². The van der Waals surface area contributed by atoms with Crippen LogP contribution in [-0.4, -0.2) is 49.7 Å². The maximum Gasteiger partial charge on any atom is 0.147 e. The van der Waals surface area contributed by atoms with E-state index in [0.29, 0.717) is 16.0 Å². The molecule has 2 fully saturated rings. The van der Waals surface area contributed by atoms with Crippen molar-refractivity contribution in [1.29, 1.82) is 0 Å². The Hall–Kier alpha value is -1.46. The minimum absolute atomic E-state index is 0.315. The van der Waals surface area contributed by atoms with E-state index in [1.807, 2.05) is 12.1 Å². The van der Waals surface area contributed by atoms with Crippen molar-refractivity contribution in [2.45, 2.75) is 18.4 Å². The van der Waals surface area contributed by atoms with Crippen LogP contribution in [0.15, 0.2) is 47.4 Å². The van der Waals surface area contributed by atoms with Gasteiger partial charge in [0.1, 0.15) is 12.3 Å². The van der Waals surface area contributed by atoms with Gasteiger partial charge in [-0.25, -0.2) is 0 Å². The third-order valence-electron chi connectivity index (χ3n) is 5.72. The van der Waals surface area contributed by atoms with Crippen LogP contribution in [0, 0.1) is 0 Å². The highest BCUT2D eigenvalue weighted by molar-refractivity contribution is 8.03. The first-order chi connectivity index (χ1) is 14.1. The molecule has 29 heavy (non-hydrogen) atoms. The fourth-order valence-corrected chi connectivity index (χ4v) is 5.60. The zero-order valence-corrected chi connectivity index (χ0v) is 18.7. The SMILES string of the molecule is CN1CCC(c2ccccc2C=C2SCCN(c3ccc(Cl)c(Cl)c3)C2C=O)C1. The van der Waals surface area contributed by atoms with Crippen LogP contribution in [0.2, 0.25) is 10.0 Å². The summed E-state index contributed by atoms with van der Waals surface area (Å²) in [6.07, 6.45) is 4.42. The highest BCUT2D eigenvalue weighted by atomic mass is 35.5. The summed E-state index contributed by atoms with van der Waals surface area (Å²) in [5.74, 6) is 1.47. The molecule has 0 aromatic heterocycles. The van der Waals surface area contributed by atoms with Gasteiger partial charge in [0.15, 0.2) is 0 Å². The van der Waals surface area contributed by atoms with Crippen LogP contribution in [0.1, 0.15) is 23.5 Å². The fourth-order valence-electron chi connectivity index (χ4n) is 4.22. The van der Waals surface area contributed by atoms with E-state index in [4.69, 9.17) is 23.2 Å². The number of carbonyl (C=O) groups is 1. The Morgan fingerprint density at radius 3 is 2.66 bits per heavy atom. The highest BCUT2D eigenvalue weighted by Crippen LogP contribution is 2.37. The number of likely N-dealkylation sites (N-methyl/N-ethyl adjacent to an activating group) is 1. The van der Waals surface area contributed by atoms with E-state index < -0.39 is 0 Å². The third kappa shape index (κ3) is 4.51. The summed E-state index contributed by atoms with van der Waals surface area (Å²) in [5, 5.41) is 1.03. The molecule has 0 N–H and O–H groups in total. The zero-order valence-electron chi connectivity index (χ0n) is 16.4. The molecule has 0 spiro atoms.